The molecule has 0 aromatic carbocycles. The molecule has 0 atom stereocenters. The average Bonchev–Trinajstić information content (AvgIpc) is 3.08. The lowest BCUT2D eigenvalue weighted by atomic mass is 9.92. The number of rotatable bonds is 5. The number of amides is 1. The molecule has 0 bridgehead atoms. The molecular formula is C15H20N6OS. The maximum atomic E-state index is 11.7. The Morgan fingerprint density at radius 1 is 1.39 bits per heavy atom. The van der Waals surface area contributed by atoms with Crippen LogP contribution < -0.4 is 5.32 Å². The third kappa shape index (κ3) is 4.22. The Labute approximate surface area is 139 Å². The van der Waals surface area contributed by atoms with E-state index < -0.39 is 0 Å². The minimum absolute atomic E-state index is 0.258. The van der Waals surface area contributed by atoms with Crippen molar-refractivity contribution in [3.05, 3.63) is 23.6 Å². The standard InChI is InChI=1S/C15H20N6OS/c1-2-14(22)21-5-3-11(4-6-21)7-12-8-13(17-9-16-12)19-15-20-18-10-23-15/h8-11H,2-7H2,1H3,(H,16,17,19,20). The average molecular weight is 332 g/mol. The smallest absolute Gasteiger partial charge is 0.222 e. The van der Waals surface area contributed by atoms with Crippen LogP contribution in [-0.2, 0) is 11.2 Å². The van der Waals surface area contributed by atoms with Gasteiger partial charge in [-0.3, -0.25) is 4.79 Å². The fraction of sp³-hybridized carbons (Fsp3) is 0.533. The molecule has 3 rings (SSSR count). The van der Waals surface area contributed by atoms with E-state index in [4.69, 9.17) is 0 Å². The van der Waals surface area contributed by atoms with Crippen molar-refractivity contribution in [2.75, 3.05) is 18.4 Å². The Morgan fingerprint density at radius 2 is 2.22 bits per heavy atom. The van der Waals surface area contributed by atoms with E-state index in [2.05, 4.69) is 25.5 Å². The molecule has 122 valence electrons. The van der Waals surface area contributed by atoms with E-state index in [1.807, 2.05) is 17.9 Å². The van der Waals surface area contributed by atoms with Gasteiger partial charge in [0, 0.05) is 31.3 Å². The van der Waals surface area contributed by atoms with E-state index in [-0.39, 0.29) is 5.91 Å². The first kappa shape index (κ1) is 15.8. The molecule has 7 nitrogen and oxygen atoms in total. The lowest BCUT2D eigenvalue weighted by Gasteiger charge is -2.31. The Morgan fingerprint density at radius 3 is 2.91 bits per heavy atom. The van der Waals surface area contributed by atoms with Gasteiger partial charge in [-0.1, -0.05) is 18.3 Å². The molecule has 1 N–H and O–H groups in total. The van der Waals surface area contributed by atoms with Crippen LogP contribution in [0.3, 0.4) is 0 Å². The van der Waals surface area contributed by atoms with Gasteiger partial charge in [0.1, 0.15) is 17.7 Å². The molecule has 2 aromatic rings. The van der Waals surface area contributed by atoms with Gasteiger partial charge in [0.25, 0.3) is 0 Å². The van der Waals surface area contributed by atoms with Crippen molar-refractivity contribution in [1.82, 2.24) is 25.1 Å². The summed E-state index contributed by atoms with van der Waals surface area (Å²) < 4.78 is 0. The molecule has 0 saturated carbocycles. The summed E-state index contributed by atoms with van der Waals surface area (Å²) >= 11 is 1.43. The van der Waals surface area contributed by atoms with E-state index in [9.17, 15) is 4.79 Å². The van der Waals surface area contributed by atoms with Gasteiger partial charge in [-0.2, -0.15) is 0 Å². The minimum atomic E-state index is 0.258. The van der Waals surface area contributed by atoms with Gasteiger partial charge in [-0.25, -0.2) is 9.97 Å². The quantitative estimate of drug-likeness (QED) is 0.904. The zero-order chi connectivity index (χ0) is 16.1. The van der Waals surface area contributed by atoms with Crippen LogP contribution in [0.25, 0.3) is 0 Å². The molecular weight excluding hydrogens is 312 g/mol. The third-order valence-corrected chi connectivity index (χ3v) is 4.69. The van der Waals surface area contributed by atoms with Gasteiger partial charge in [-0.15, -0.1) is 10.2 Å². The summed E-state index contributed by atoms with van der Waals surface area (Å²) in [5, 5.41) is 11.6. The number of anilines is 2. The van der Waals surface area contributed by atoms with E-state index >= 15 is 0 Å². The lowest BCUT2D eigenvalue weighted by molar-refractivity contribution is -0.132. The van der Waals surface area contributed by atoms with Gasteiger partial charge >= 0.3 is 0 Å². The summed E-state index contributed by atoms with van der Waals surface area (Å²) in [4.78, 5) is 22.3. The number of carbonyl (C=O) groups excluding carboxylic acids is 1. The summed E-state index contributed by atoms with van der Waals surface area (Å²) in [6.07, 6.45) is 5.16. The van der Waals surface area contributed by atoms with E-state index in [1.165, 1.54) is 11.3 Å². The number of nitrogens with zero attached hydrogens (tertiary/aromatic N) is 5. The van der Waals surface area contributed by atoms with Crippen molar-refractivity contribution in [1.29, 1.82) is 0 Å². The molecule has 8 heteroatoms. The maximum Gasteiger partial charge on any atom is 0.222 e. The lowest BCUT2D eigenvalue weighted by Crippen LogP contribution is -2.38. The number of hydrogen-bond acceptors (Lipinski definition) is 7. The summed E-state index contributed by atoms with van der Waals surface area (Å²) in [6, 6.07) is 1.96. The van der Waals surface area contributed by atoms with Crippen molar-refractivity contribution in [3.8, 4) is 0 Å². The third-order valence-electron chi connectivity index (χ3n) is 4.09. The van der Waals surface area contributed by atoms with Crippen LogP contribution in [0.5, 0.6) is 0 Å². The molecule has 1 aliphatic rings. The number of carbonyl (C=O) groups is 1. The molecule has 1 saturated heterocycles. The number of hydrogen-bond donors (Lipinski definition) is 1. The van der Waals surface area contributed by atoms with Crippen molar-refractivity contribution in [3.63, 3.8) is 0 Å². The number of nitrogens with one attached hydrogen (secondary N) is 1. The summed E-state index contributed by atoms with van der Waals surface area (Å²) in [7, 11) is 0. The van der Waals surface area contributed by atoms with Gasteiger partial charge in [0.15, 0.2) is 0 Å². The molecule has 0 aliphatic carbocycles. The molecule has 23 heavy (non-hydrogen) atoms. The second kappa shape index (κ2) is 7.45. The Balaban J connectivity index is 1.55. The highest BCUT2D eigenvalue weighted by molar-refractivity contribution is 7.13. The zero-order valence-electron chi connectivity index (χ0n) is 13.1. The van der Waals surface area contributed by atoms with Crippen LogP contribution in [0.15, 0.2) is 17.9 Å². The monoisotopic (exact) mass is 332 g/mol. The highest BCUT2D eigenvalue weighted by atomic mass is 32.1. The predicted octanol–water partition coefficient (Wildman–Crippen LogP) is 2.26. The molecule has 1 fully saturated rings. The number of likely N-dealkylation sites (tertiary alicyclic amines) is 1. The number of aromatic nitrogens is 4. The fourth-order valence-electron chi connectivity index (χ4n) is 2.82. The SMILES string of the molecule is CCC(=O)N1CCC(Cc2cc(Nc3nncs3)ncn2)CC1. The molecule has 3 heterocycles. The predicted molar refractivity (Wildman–Crippen MR) is 88.5 cm³/mol. The first-order chi connectivity index (χ1) is 11.2. The Bertz CT molecular complexity index is 639. The largest absolute Gasteiger partial charge is 0.343 e. The molecule has 1 amide bonds. The molecule has 0 radical (unpaired) electrons. The topological polar surface area (TPSA) is 83.9 Å². The zero-order valence-corrected chi connectivity index (χ0v) is 13.9. The second-order valence-electron chi connectivity index (χ2n) is 5.65. The van der Waals surface area contributed by atoms with Crippen molar-refractivity contribution < 1.29 is 4.79 Å². The van der Waals surface area contributed by atoms with Crippen molar-refractivity contribution in [2.45, 2.75) is 32.6 Å². The molecule has 0 unspecified atom stereocenters. The maximum absolute atomic E-state index is 11.7. The van der Waals surface area contributed by atoms with Crippen LogP contribution in [0, 0.1) is 5.92 Å². The van der Waals surface area contributed by atoms with Gasteiger partial charge in [0.2, 0.25) is 11.0 Å². The van der Waals surface area contributed by atoms with Crippen LogP contribution in [0.4, 0.5) is 10.9 Å². The second-order valence-corrected chi connectivity index (χ2v) is 6.48. The number of piperidine rings is 1. The summed E-state index contributed by atoms with van der Waals surface area (Å²) in [5.74, 6) is 1.57. The van der Waals surface area contributed by atoms with E-state index in [1.54, 1.807) is 11.8 Å². The first-order valence-electron chi connectivity index (χ1n) is 7.86. The van der Waals surface area contributed by atoms with Crippen LogP contribution in [0.1, 0.15) is 31.9 Å². The normalized spacial score (nSPS) is 15.6. The van der Waals surface area contributed by atoms with Crippen LogP contribution in [-0.4, -0.2) is 44.1 Å². The molecule has 0 spiro atoms. The fourth-order valence-corrected chi connectivity index (χ4v) is 3.27. The van der Waals surface area contributed by atoms with Crippen molar-refractivity contribution >= 4 is 28.2 Å². The highest BCUT2D eigenvalue weighted by Crippen LogP contribution is 2.23. The van der Waals surface area contributed by atoms with E-state index in [0.29, 0.717) is 12.3 Å². The summed E-state index contributed by atoms with van der Waals surface area (Å²) in [6.45, 7) is 3.64. The Hall–Kier alpha value is -2.09. The van der Waals surface area contributed by atoms with Gasteiger partial charge < -0.3 is 10.2 Å². The van der Waals surface area contributed by atoms with Gasteiger partial charge in [0.05, 0.1) is 0 Å². The van der Waals surface area contributed by atoms with Crippen molar-refractivity contribution in [2.24, 2.45) is 5.92 Å². The highest BCUT2D eigenvalue weighted by Gasteiger charge is 2.22. The van der Waals surface area contributed by atoms with Gasteiger partial charge in [-0.05, 0) is 25.2 Å². The van der Waals surface area contributed by atoms with Crippen LogP contribution in [0.2, 0.25) is 0 Å². The van der Waals surface area contributed by atoms with Crippen LogP contribution >= 0.6 is 11.3 Å². The first-order valence-corrected chi connectivity index (χ1v) is 8.74. The summed E-state index contributed by atoms with van der Waals surface area (Å²) in [5.41, 5.74) is 2.70. The minimum Gasteiger partial charge on any atom is -0.343 e. The van der Waals surface area contributed by atoms with E-state index in [0.717, 1.165) is 49.0 Å². The molecule has 1 aliphatic heterocycles. The Kier molecular flexibility index (Phi) is 5.12. The molecule has 2 aromatic heterocycles.